The summed E-state index contributed by atoms with van der Waals surface area (Å²) < 4.78 is 0. The van der Waals surface area contributed by atoms with Gasteiger partial charge in [-0.25, -0.2) is 4.99 Å². The van der Waals surface area contributed by atoms with Gasteiger partial charge in [-0.2, -0.15) is 0 Å². The van der Waals surface area contributed by atoms with Crippen LogP contribution in [0.4, 0.5) is 5.69 Å². The molecule has 0 aromatic heterocycles. The summed E-state index contributed by atoms with van der Waals surface area (Å²) >= 11 is 0. The maximum absolute atomic E-state index is 11.4. The third-order valence-corrected chi connectivity index (χ3v) is 2.96. The molecule has 4 heteroatoms. The maximum atomic E-state index is 11.4. The Bertz CT molecular complexity index is 500. The number of amidine groups is 1. The Morgan fingerprint density at radius 1 is 1.28 bits per heavy atom. The highest BCUT2D eigenvalue weighted by molar-refractivity contribution is 6.05. The molecule has 1 aliphatic rings. The summed E-state index contributed by atoms with van der Waals surface area (Å²) in [7, 11) is 1.71. The first-order valence-corrected chi connectivity index (χ1v) is 6.08. The SMILES string of the molecule is CN1NC(=Nc2ccccc2C(C)(C)C)CC1=O. The van der Waals surface area contributed by atoms with Crippen molar-refractivity contribution in [2.75, 3.05) is 7.05 Å². The van der Waals surface area contributed by atoms with Crippen molar-refractivity contribution in [1.82, 2.24) is 10.4 Å². The number of hydrogen-bond donors (Lipinski definition) is 1. The van der Waals surface area contributed by atoms with Crippen molar-refractivity contribution < 1.29 is 4.79 Å². The largest absolute Gasteiger partial charge is 0.283 e. The Morgan fingerprint density at radius 2 is 1.94 bits per heavy atom. The van der Waals surface area contributed by atoms with Crippen LogP contribution >= 0.6 is 0 Å². The van der Waals surface area contributed by atoms with Crippen molar-refractivity contribution in [3.05, 3.63) is 29.8 Å². The molecule has 2 rings (SSSR count). The van der Waals surface area contributed by atoms with E-state index >= 15 is 0 Å². The normalized spacial score (nSPS) is 18.3. The average molecular weight is 245 g/mol. The van der Waals surface area contributed by atoms with E-state index in [2.05, 4.69) is 37.3 Å². The Kier molecular flexibility index (Phi) is 3.11. The summed E-state index contributed by atoms with van der Waals surface area (Å²) in [5.74, 6) is 0.751. The van der Waals surface area contributed by atoms with Gasteiger partial charge in [0.15, 0.2) is 0 Å². The van der Waals surface area contributed by atoms with Crippen molar-refractivity contribution in [2.24, 2.45) is 4.99 Å². The Hall–Kier alpha value is -1.84. The van der Waals surface area contributed by atoms with Crippen molar-refractivity contribution >= 4 is 17.4 Å². The predicted octanol–water partition coefficient (Wildman–Crippen LogP) is 2.38. The van der Waals surface area contributed by atoms with Crippen LogP contribution in [-0.4, -0.2) is 23.8 Å². The maximum Gasteiger partial charge on any atom is 0.248 e. The molecule has 0 aliphatic carbocycles. The average Bonchev–Trinajstić information content (AvgIpc) is 2.57. The van der Waals surface area contributed by atoms with E-state index in [9.17, 15) is 4.79 Å². The lowest BCUT2D eigenvalue weighted by molar-refractivity contribution is -0.128. The number of para-hydroxylation sites is 1. The lowest BCUT2D eigenvalue weighted by Crippen LogP contribution is -2.31. The smallest absolute Gasteiger partial charge is 0.248 e. The molecule has 18 heavy (non-hydrogen) atoms. The lowest BCUT2D eigenvalue weighted by atomic mass is 9.86. The topological polar surface area (TPSA) is 44.7 Å². The summed E-state index contributed by atoms with van der Waals surface area (Å²) in [6.07, 6.45) is 0.342. The van der Waals surface area contributed by atoms with Gasteiger partial charge in [-0.1, -0.05) is 39.0 Å². The molecule has 1 aromatic carbocycles. The van der Waals surface area contributed by atoms with Gasteiger partial charge in [-0.05, 0) is 17.0 Å². The second-order valence-corrected chi connectivity index (χ2v) is 5.57. The molecule has 1 amide bonds. The second-order valence-electron chi connectivity index (χ2n) is 5.57. The minimum absolute atomic E-state index is 0.0369. The first-order valence-electron chi connectivity index (χ1n) is 6.08. The number of nitrogens with one attached hydrogen (secondary N) is 1. The third kappa shape index (κ3) is 2.53. The van der Waals surface area contributed by atoms with E-state index in [1.807, 2.05) is 18.2 Å². The molecule has 0 atom stereocenters. The van der Waals surface area contributed by atoms with Crippen LogP contribution in [0, 0.1) is 0 Å². The van der Waals surface area contributed by atoms with E-state index in [1.165, 1.54) is 10.6 Å². The van der Waals surface area contributed by atoms with Crippen molar-refractivity contribution in [3.63, 3.8) is 0 Å². The number of amides is 1. The number of rotatable bonds is 1. The van der Waals surface area contributed by atoms with Crippen LogP contribution in [0.3, 0.4) is 0 Å². The van der Waals surface area contributed by atoms with Gasteiger partial charge in [0.2, 0.25) is 5.91 Å². The first kappa shape index (κ1) is 12.6. The highest BCUT2D eigenvalue weighted by Crippen LogP contribution is 2.31. The number of carbonyl (C=O) groups is 1. The number of hydrogen-bond acceptors (Lipinski definition) is 2. The zero-order valence-electron chi connectivity index (χ0n) is 11.3. The van der Waals surface area contributed by atoms with Crippen LogP contribution in [0.5, 0.6) is 0 Å². The number of nitrogens with zero attached hydrogens (tertiary/aromatic N) is 2. The Balaban J connectivity index is 2.36. The van der Waals surface area contributed by atoms with Gasteiger partial charge in [0, 0.05) is 7.05 Å². The quantitative estimate of drug-likeness (QED) is 0.825. The van der Waals surface area contributed by atoms with Gasteiger partial charge in [-0.3, -0.25) is 15.2 Å². The van der Waals surface area contributed by atoms with Crippen molar-refractivity contribution in [2.45, 2.75) is 32.6 Å². The van der Waals surface area contributed by atoms with E-state index < -0.39 is 0 Å². The minimum Gasteiger partial charge on any atom is -0.283 e. The monoisotopic (exact) mass is 245 g/mol. The fourth-order valence-electron chi connectivity index (χ4n) is 1.97. The molecule has 0 saturated carbocycles. The van der Waals surface area contributed by atoms with E-state index in [-0.39, 0.29) is 11.3 Å². The van der Waals surface area contributed by atoms with Crippen LogP contribution in [-0.2, 0) is 10.2 Å². The molecule has 0 unspecified atom stereocenters. The third-order valence-electron chi connectivity index (χ3n) is 2.96. The highest BCUT2D eigenvalue weighted by Gasteiger charge is 2.23. The summed E-state index contributed by atoms with van der Waals surface area (Å²) in [6, 6.07) is 8.05. The van der Waals surface area contributed by atoms with Gasteiger partial charge in [0.25, 0.3) is 0 Å². The number of benzene rings is 1. The standard InChI is InChI=1S/C14H19N3O/c1-14(2,3)10-7-5-6-8-11(10)15-12-9-13(18)17(4)16-12/h5-8H,9H2,1-4H3,(H,15,16). The van der Waals surface area contributed by atoms with Crippen LogP contribution in [0.1, 0.15) is 32.8 Å². The van der Waals surface area contributed by atoms with Gasteiger partial charge < -0.3 is 0 Å². The fraction of sp³-hybridized carbons (Fsp3) is 0.429. The predicted molar refractivity (Wildman–Crippen MR) is 72.8 cm³/mol. The molecule has 1 fully saturated rings. The molecular formula is C14H19N3O. The van der Waals surface area contributed by atoms with Gasteiger partial charge in [-0.15, -0.1) is 0 Å². The molecule has 0 radical (unpaired) electrons. The van der Waals surface area contributed by atoms with Crippen molar-refractivity contribution in [3.8, 4) is 0 Å². The summed E-state index contributed by atoms with van der Waals surface area (Å²) in [5.41, 5.74) is 5.11. The second kappa shape index (κ2) is 4.44. The molecule has 1 aliphatic heterocycles. The van der Waals surface area contributed by atoms with Crippen LogP contribution in [0.15, 0.2) is 29.3 Å². The van der Waals surface area contributed by atoms with Gasteiger partial charge in [0.1, 0.15) is 5.84 Å². The molecule has 1 heterocycles. The molecule has 0 spiro atoms. The minimum atomic E-state index is 0.0369. The molecule has 1 saturated heterocycles. The first-order chi connectivity index (χ1) is 8.38. The van der Waals surface area contributed by atoms with E-state index in [0.717, 1.165) is 5.69 Å². The molecular weight excluding hydrogens is 226 g/mol. The van der Waals surface area contributed by atoms with Crippen molar-refractivity contribution in [1.29, 1.82) is 0 Å². The van der Waals surface area contributed by atoms with E-state index in [4.69, 9.17) is 0 Å². The summed E-state index contributed by atoms with van der Waals surface area (Å²) in [5, 5.41) is 1.47. The number of hydrazine groups is 1. The Morgan fingerprint density at radius 3 is 2.50 bits per heavy atom. The lowest BCUT2D eigenvalue weighted by Gasteiger charge is -2.21. The summed E-state index contributed by atoms with van der Waals surface area (Å²) in [6.45, 7) is 6.47. The van der Waals surface area contributed by atoms with Crippen LogP contribution < -0.4 is 5.43 Å². The molecule has 4 nitrogen and oxygen atoms in total. The highest BCUT2D eigenvalue weighted by atomic mass is 16.2. The van der Waals surface area contributed by atoms with Crippen LogP contribution in [0.2, 0.25) is 0 Å². The van der Waals surface area contributed by atoms with E-state index in [0.29, 0.717) is 12.3 Å². The molecule has 0 bridgehead atoms. The van der Waals surface area contributed by atoms with Gasteiger partial charge >= 0.3 is 0 Å². The molecule has 96 valence electrons. The molecule has 1 N–H and O–H groups in total. The summed E-state index contributed by atoms with van der Waals surface area (Å²) in [4.78, 5) is 16.0. The number of carbonyl (C=O) groups excluding carboxylic acids is 1. The van der Waals surface area contributed by atoms with E-state index in [1.54, 1.807) is 7.05 Å². The fourth-order valence-corrected chi connectivity index (χ4v) is 1.97. The zero-order valence-corrected chi connectivity index (χ0v) is 11.3. The van der Waals surface area contributed by atoms with Crippen LogP contribution in [0.25, 0.3) is 0 Å². The molecule has 1 aromatic rings. The van der Waals surface area contributed by atoms with Gasteiger partial charge in [0.05, 0.1) is 12.1 Å². The number of aliphatic imine (C=N–C) groups is 1. The zero-order chi connectivity index (χ0) is 13.3. The Labute approximate surface area is 108 Å².